The van der Waals surface area contributed by atoms with Crippen molar-refractivity contribution in [3.8, 4) is 22.5 Å². The normalized spacial score (nSPS) is 14.7. The van der Waals surface area contributed by atoms with Crippen LogP contribution in [0.25, 0.3) is 22.5 Å². The largest absolute Gasteiger partial charge is 0.416 e. The number of benzene rings is 2. The average molecular weight is 436 g/mol. The summed E-state index contributed by atoms with van der Waals surface area (Å²) in [4.78, 5) is 0. The Hall–Kier alpha value is -2.08. The molecule has 0 aliphatic carbocycles. The number of hydrogen-bond acceptors (Lipinski definition) is 0. The average Bonchev–Trinajstić information content (AvgIpc) is 2.83. The van der Waals surface area contributed by atoms with Crippen LogP contribution in [0.3, 0.4) is 0 Å². The third kappa shape index (κ3) is 3.68. The third-order valence-corrected chi connectivity index (χ3v) is 5.52. The van der Waals surface area contributed by atoms with Gasteiger partial charge in [-0.2, -0.15) is 17.9 Å². The van der Waals surface area contributed by atoms with Gasteiger partial charge in [0, 0.05) is 28.1 Å². The summed E-state index contributed by atoms with van der Waals surface area (Å²) in [6.07, 6.45) is -1.12. The van der Waals surface area contributed by atoms with Gasteiger partial charge in [-0.25, -0.2) is 0 Å². The van der Waals surface area contributed by atoms with Crippen molar-refractivity contribution in [3.05, 3.63) is 64.6 Å². The lowest BCUT2D eigenvalue weighted by molar-refractivity contribution is -0.763. The van der Waals surface area contributed by atoms with Gasteiger partial charge in [0.15, 0.2) is 6.54 Å². The zero-order chi connectivity index (χ0) is 19.0. The maximum absolute atomic E-state index is 13.2. The van der Waals surface area contributed by atoms with Gasteiger partial charge >= 0.3 is 6.18 Å². The second kappa shape index (κ2) is 7.15. The smallest absolute Gasteiger partial charge is 0.166 e. The molecule has 0 saturated carbocycles. The molecule has 0 saturated heterocycles. The van der Waals surface area contributed by atoms with E-state index >= 15 is 0 Å². The zero-order valence-electron chi connectivity index (χ0n) is 14.6. The number of aromatic nitrogens is 2. The lowest BCUT2D eigenvalue weighted by atomic mass is 10.1. The van der Waals surface area contributed by atoms with Crippen molar-refractivity contribution < 1.29 is 17.9 Å². The summed E-state index contributed by atoms with van der Waals surface area (Å²) >= 11 is 3.46. The minimum Gasteiger partial charge on any atom is -0.166 e. The summed E-state index contributed by atoms with van der Waals surface area (Å²) in [5.74, 6) is 0. The second-order valence-corrected chi connectivity index (χ2v) is 7.72. The molecule has 0 bridgehead atoms. The summed E-state index contributed by atoms with van der Waals surface area (Å²) in [5.41, 5.74) is 2.92. The standard InChI is InChI=1S/C21H19BrF3N2/c22-18-9-7-15(8-10-18)19-14-20(27-12-3-1-2-11-26(19)27)16-5-4-6-17(13-16)21(23,24)25/h4-10,13-14H,1-3,11-12H2/q+1. The summed E-state index contributed by atoms with van der Waals surface area (Å²) in [5, 5.41) is 0. The summed E-state index contributed by atoms with van der Waals surface area (Å²) in [7, 11) is 0. The number of hydrogen-bond donors (Lipinski definition) is 0. The van der Waals surface area contributed by atoms with E-state index in [-0.39, 0.29) is 0 Å². The van der Waals surface area contributed by atoms with Crippen LogP contribution in [0.5, 0.6) is 0 Å². The molecule has 140 valence electrons. The number of halogens is 4. The summed E-state index contributed by atoms with van der Waals surface area (Å²) in [6.45, 7) is 1.67. The monoisotopic (exact) mass is 435 g/mol. The fourth-order valence-electron chi connectivity index (χ4n) is 3.66. The maximum atomic E-state index is 13.2. The van der Waals surface area contributed by atoms with Crippen molar-refractivity contribution in [1.82, 2.24) is 4.68 Å². The predicted octanol–water partition coefficient (Wildman–Crippen LogP) is 6.07. The van der Waals surface area contributed by atoms with E-state index in [2.05, 4.69) is 25.3 Å². The lowest BCUT2D eigenvalue weighted by Crippen LogP contribution is -2.44. The van der Waals surface area contributed by atoms with E-state index in [1.807, 2.05) is 30.3 Å². The number of nitrogens with zero attached hydrogens (tertiary/aromatic N) is 2. The fourth-order valence-corrected chi connectivity index (χ4v) is 3.93. The topological polar surface area (TPSA) is 8.81 Å². The Kier molecular flexibility index (Phi) is 4.84. The molecule has 0 amide bonds. The van der Waals surface area contributed by atoms with Crippen LogP contribution < -0.4 is 4.68 Å². The van der Waals surface area contributed by atoms with E-state index in [4.69, 9.17) is 0 Å². The molecular weight excluding hydrogens is 417 g/mol. The quantitative estimate of drug-likeness (QED) is 0.431. The van der Waals surface area contributed by atoms with Gasteiger partial charge in [-0.05, 0) is 43.2 Å². The van der Waals surface area contributed by atoms with Crippen molar-refractivity contribution in [3.63, 3.8) is 0 Å². The molecule has 6 heteroatoms. The first kappa shape index (κ1) is 18.3. The van der Waals surface area contributed by atoms with Crippen molar-refractivity contribution in [2.75, 3.05) is 0 Å². The Balaban J connectivity index is 1.88. The van der Waals surface area contributed by atoms with Crippen LogP contribution in [0.1, 0.15) is 24.8 Å². The molecule has 2 heterocycles. The number of fused-ring (bicyclic) bond motifs is 1. The molecule has 0 spiro atoms. The fraction of sp³-hybridized carbons (Fsp3) is 0.286. The van der Waals surface area contributed by atoms with Crippen LogP contribution >= 0.6 is 15.9 Å². The van der Waals surface area contributed by atoms with Gasteiger partial charge in [-0.1, -0.05) is 34.1 Å². The van der Waals surface area contributed by atoms with E-state index in [0.717, 1.165) is 59.8 Å². The Labute approximate surface area is 164 Å². The minimum atomic E-state index is -4.34. The van der Waals surface area contributed by atoms with Gasteiger partial charge in [-0.3, -0.25) is 0 Å². The third-order valence-electron chi connectivity index (χ3n) is 4.99. The molecule has 0 fully saturated rings. The highest BCUT2D eigenvalue weighted by Gasteiger charge is 2.32. The molecule has 1 aliphatic heterocycles. The second-order valence-electron chi connectivity index (χ2n) is 6.81. The Morgan fingerprint density at radius 2 is 1.67 bits per heavy atom. The van der Waals surface area contributed by atoms with Crippen molar-refractivity contribution >= 4 is 15.9 Å². The highest BCUT2D eigenvalue weighted by atomic mass is 79.9. The highest BCUT2D eigenvalue weighted by molar-refractivity contribution is 9.10. The van der Waals surface area contributed by atoms with Gasteiger partial charge in [0.1, 0.15) is 5.69 Å². The summed E-state index contributed by atoms with van der Waals surface area (Å²) in [6, 6.07) is 15.7. The molecule has 4 rings (SSSR count). The van der Waals surface area contributed by atoms with E-state index in [1.54, 1.807) is 6.07 Å². The molecule has 2 nitrogen and oxygen atoms in total. The first-order chi connectivity index (χ1) is 12.9. The van der Waals surface area contributed by atoms with Crippen molar-refractivity contribution in [2.45, 2.75) is 38.5 Å². The van der Waals surface area contributed by atoms with Crippen LogP contribution in [0.4, 0.5) is 13.2 Å². The minimum absolute atomic E-state index is 0.601. The first-order valence-electron chi connectivity index (χ1n) is 9.01. The molecule has 0 radical (unpaired) electrons. The molecule has 0 unspecified atom stereocenters. The van der Waals surface area contributed by atoms with Crippen LogP contribution in [-0.2, 0) is 19.3 Å². The van der Waals surface area contributed by atoms with E-state index in [1.165, 1.54) is 12.1 Å². The Bertz CT molecular complexity index is 959. The van der Waals surface area contributed by atoms with Crippen LogP contribution in [0.2, 0.25) is 0 Å². The molecule has 2 aromatic carbocycles. The van der Waals surface area contributed by atoms with Gasteiger partial charge in [0.05, 0.1) is 12.1 Å². The van der Waals surface area contributed by atoms with Gasteiger partial charge in [0.2, 0.25) is 5.69 Å². The van der Waals surface area contributed by atoms with E-state index < -0.39 is 11.7 Å². The molecule has 1 aliphatic rings. The van der Waals surface area contributed by atoms with Crippen LogP contribution in [0, 0.1) is 0 Å². The maximum Gasteiger partial charge on any atom is 0.416 e. The van der Waals surface area contributed by atoms with E-state index in [9.17, 15) is 13.2 Å². The number of rotatable bonds is 2. The van der Waals surface area contributed by atoms with Crippen LogP contribution in [0.15, 0.2) is 59.1 Å². The van der Waals surface area contributed by atoms with Gasteiger partial charge in [0.25, 0.3) is 0 Å². The molecular formula is C21H19BrF3N2+. The van der Waals surface area contributed by atoms with Gasteiger partial charge in [-0.15, -0.1) is 4.68 Å². The molecule has 27 heavy (non-hydrogen) atoms. The zero-order valence-corrected chi connectivity index (χ0v) is 16.2. The number of alkyl halides is 3. The van der Waals surface area contributed by atoms with Gasteiger partial charge < -0.3 is 0 Å². The lowest BCUT2D eigenvalue weighted by Gasteiger charge is -2.07. The highest BCUT2D eigenvalue weighted by Crippen LogP contribution is 2.33. The van der Waals surface area contributed by atoms with E-state index in [0.29, 0.717) is 5.56 Å². The van der Waals surface area contributed by atoms with Crippen molar-refractivity contribution in [1.29, 1.82) is 0 Å². The van der Waals surface area contributed by atoms with Crippen molar-refractivity contribution in [2.24, 2.45) is 0 Å². The van der Waals surface area contributed by atoms with Crippen LogP contribution in [-0.4, -0.2) is 4.68 Å². The predicted molar refractivity (Wildman–Crippen MR) is 102 cm³/mol. The Morgan fingerprint density at radius 3 is 2.41 bits per heavy atom. The molecule has 0 N–H and O–H groups in total. The first-order valence-corrected chi connectivity index (χ1v) is 9.80. The molecule has 0 atom stereocenters. The SMILES string of the molecule is FC(F)(F)c1cccc(-c2cc(-c3ccc(Br)cc3)n3[n+]2CCCCC3)c1. The molecule has 1 aromatic heterocycles. The summed E-state index contributed by atoms with van der Waals surface area (Å²) < 4.78 is 44.9. The Morgan fingerprint density at radius 1 is 0.889 bits per heavy atom. The molecule has 3 aromatic rings.